The lowest BCUT2D eigenvalue weighted by Gasteiger charge is -2.34. The quantitative estimate of drug-likeness (QED) is 0.792. The maximum Gasteiger partial charge on any atom is 0.231 e. The number of ether oxygens (including phenoxy) is 3. The van der Waals surface area contributed by atoms with Crippen molar-refractivity contribution < 1.29 is 29.2 Å². The molecule has 7 heteroatoms. The second-order valence-electron chi connectivity index (χ2n) is 7.17. The lowest BCUT2D eigenvalue weighted by Crippen LogP contribution is -2.42. The Morgan fingerprint density at radius 3 is 2.89 bits per heavy atom. The average molecular weight is 369 g/mol. The Hall–Kier alpha value is -2.77. The molecule has 2 N–H and O–H groups in total. The highest BCUT2D eigenvalue weighted by Gasteiger charge is 2.58. The topological polar surface area (TPSA) is 88.5 Å². The molecule has 1 aliphatic carbocycles. The molecule has 3 aliphatic rings. The van der Waals surface area contributed by atoms with Crippen molar-refractivity contribution in [3.63, 3.8) is 0 Å². The fourth-order valence-electron chi connectivity index (χ4n) is 4.58. The third-order valence-corrected chi connectivity index (χ3v) is 5.82. The third-order valence-electron chi connectivity index (χ3n) is 5.82. The number of fused-ring (bicyclic) bond motifs is 7. The van der Waals surface area contributed by atoms with Crippen LogP contribution in [0.15, 0.2) is 24.3 Å². The smallest absolute Gasteiger partial charge is 0.231 e. The van der Waals surface area contributed by atoms with Crippen LogP contribution in [0.4, 0.5) is 0 Å². The van der Waals surface area contributed by atoms with Crippen LogP contribution in [0.5, 0.6) is 23.0 Å². The van der Waals surface area contributed by atoms with Gasteiger partial charge in [-0.05, 0) is 42.8 Å². The summed E-state index contributed by atoms with van der Waals surface area (Å²) in [7, 11) is 3.35. The van der Waals surface area contributed by atoms with E-state index in [0.717, 1.165) is 5.56 Å². The van der Waals surface area contributed by atoms with E-state index in [1.54, 1.807) is 12.1 Å². The summed E-state index contributed by atoms with van der Waals surface area (Å²) in [6.45, 7) is 0.682. The number of methoxy groups -OCH3 is 1. The predicted octanol–water partition coefficient (Wildman–Crippen LogP) is 1.74. The Kier molecular flexibility index (Phi) is 3.26. The first-order valence-corrected chi connectivity index (χ1v) is 8.77. The Labute approximate surface area is 155 Å². The lowest BCUT2D eigenvalue weighted by atomic mass is 9.83. The highest BCUT2D eigenvalue weighted by molar-refractivity contribution is 6.11. The number of hydrogen-bond donors (Lipinski definition) is 2. The normalized spacial score (nSPS) is 25.6. The molecule has 0 fully saturated rings. The molecule has 2 aromatic carbocycles. The lowest BCUT2D eigenvalue weighted by molar-refractivity contribution is -0.0142. The van der Waals surface area contributed by atoms with Crippen LogP contribution in [0.3, 0.4) is 0 Å². The van der Waals surface area contributed by atoms with E-state index in [0.29, 0.717) is 46.9 Å². The zero-order valence-electron chi connectivity index (χ0n) is 15.0. The second kappa shape index (κ2) is 5.37. The SMILES string of the molecule is COc1cc2c(cc1O)[C@]1(O)C(=O)c3c(ccc4c3OCO4)[C@@H]1N(C)CC2. The first-order valence-electron chi connectivity index (χ1n) is 8.77. The monoisotopic (exact) mass is 369 g/mol. The van der Waals surface area contributed by atoms with Crippen molar-refractivity contribution in [3.05, 3.63) is 46.5 Å². The van der Waals surface area contributed by atoms with Crippen molar-refractivity contribution >= 4 is 5.78 Å². The van der Waals surface area contributed by atoms with Gasteiger partial charge in [0, 0.05) is 12.1 Å². The maximum absolute atomic E-state index is 13.5. The van der Waals surface area contributed by atoms with Crippen molar-refractivity contribution in [3.8, 4) is 23.0 Å². The summed E-state index contributed by atoms with van der Waals surface area (Å²) in [5.41, 5.74) is 0.415. The molecule has 0 spiro atoms. The van der Waals surface area contributed by atoms with Crippen molar-refractivity contribution in [2.24, 2.45) is 0 Å². The summed E-state index contributed by atoms with van der Waals surface area (Å²) in [6.07, 6.45) is 0.619. The van der Waals surface area contributed by atoms with E-state index >= 15 is 0 Å². The van der Waals surface area contributed by atoms with E-state index in [-0.39, 0.29) is 12.5 Å². The largest absolute Gasteiger partial charge is 0.504 e. The molecular weight excluding hydrogens is 350 g/mol. The van der Waals surface area contributed by atoms with Gasteiger partial charge in [-0.25, -0.2) is 0 Å². The van der Waals surface area contributed by atoms with Gasteiger partial charge in [0.2, 0.25) is 12.6 Å². The van der Waals surface area contributed by atoms with Gasteiger partial charge in [-0.15, -0.1) is 0 Å². The minimum Gasteiger partial charge on any atom is -0.504 e. The zero-order chi connectivity index (χ0) is 18.9. The number of aliphatic hydroxyl groups is 1. The van der Waals surface area contributed by atoms with Gasteiger partial charge in [-0.2, -0.15) is 0 Å². The standard InChI is InChI=1S/C20H19NO6/c1-21-6-5-10-7-15(25-2)13(22)8-12(10)20(24)18(21)11-3-4-14-17(27-9-26-14)16(11)19(20)23/h3-4,7-8,18,22,24H,5-6,9H2,1-2H3/t18-,20+/m0/s1. The van der Waals surface area contributed by atoms with E-state index in [1.807, 2.05) is 18.0 Å². The zero-order valence-corrected chi connectivity index (χ0v) is 15.0. The summed E-state index contributed by atoms with van der Waals surface area (Å²) < 4.78 is 16.1. The van der Waals surface area contributed by atoms with Crippen molar-refractivity contribution in [2.45, 2.75) is 18.1 Å². The van der Waals surface area contributed by atoms with Gasteiger partial charge in [-0.1, -0.05) is 6.07 Å². The Morgan fingerprint density at radius 2 is 2.11 bits per heavy atom. The van der Waals surface area contributed by atoms with Crippen LogP contribution in [0, 0.1) is 0 Å². The maximum atomic E-state index is 13.5. The number of nitrogens with zero attached hydrogens (tertiary/aromatic N) is 1. The van der Waals surface area contributed by atoms with Gasteiger partial charge in [0.05, 0.1) is 18.7 Å². The molecule has 0 aromatic heterocycles. The van der Waals surface area contributed by atoms with E-state index in [9.17, 15) is 15.0 Å². The molecule has 0 amide bonds. The second-order valence-corrected chi connectivity index (χ2v) is 7.17. The minimum absolute atomic E-state index is 0.0482. The van der Waals surface area contributed by atoms with Gasteiger partial charge < -0.3 is 24.4 Å². The molecular formula is C20H19NO6. The number of aromatic hydroxyl groups is 1. The highest BCUT2D eigenvalue weighted by Crippen LogP contribution is 2.56. The Morgan fingerprint density at radius 1 is 1.30 bits per heavy atom. The van der Waals surface area contributed by atoms with E-state index in [1.165, 1.54) is 13.2 Å². The molecule has 0 saturated heterocycles. The number of likely N-dealkylation sites (N-methyl/N-ethyl adjacent to an activating group) is 1. The van der Waals surface area contributed by atoms with E-state index in [4.69, 9.17) is 14.2 Å². The van der Waals surface area contributed by atoms with Crippen LogP contribution >= 0.6 is 0 Å². The molecule has 0 bridgehead atoms. The summed E-state index contributed by atoms with van der Waals surface area (Å²) in [5, 5.41) is 22.1. The number of ketones is 1. The molecule has 2 aromatic rings. The summed E-state index contributed by atoms with van der Waals surface area (Å²) in [6, 6.07) is 6.14. The molecule has 27 heavy (non-hydrogen) atoms. The summed E-state index contributed by atoms with van der Waals surface area (Å²) in [4.78, 5) is 15.5. The Bertz CT molecular complexity index is 987. The summed E-state index contributed by atoms with van der Waals surface area (Å²) in [5.74, 6) is 0.652. The number of Topliss-reactive ketones (excluding diaryl/α,β-unsaturated/α-hetero) is 1. The molecule has 7 nitrogen and oxygen atoms in total. The van der Waals surface area contributed by atoms with Crippen molar-refractivity contribution in [1.82, 2.24) is 4.90 Å². The highest BCUT2D eigenvalue weighted by atomic mass is 16.7. The number of rotatable bonds is 1. The van der Waals surface area contributed by atoms with Gasteiger partial charge in [-0.3, -0.25) is 9.69 Å². The molecule has 140 valence electrons. The number of phenolic OH excluding ortho intramolecular Hbond substituents is 1. The minimum atomic E-state index is -1.83. The molecule has 5 rings (SSSR count). The third kappa shape index (κ3) is 1.95. The van der Waals surface area contributed by atoms with Gasteiger partial charge in [0.1, 0.15) is 0 Å². The average Bonchev–Trinajstić information content (AvgIpc) is 3.19. The fourth-order valence-corrected chi connectivity index (χ4v) is 4.58. The number of hydrogen-bond acceptors (Lipinski definition) is 7. The first-order chi connectivity index (χ1) is 13.0. The number of carbonyl (C=O) groups is 1. The van der Waals surface area contributed by atoms with Crippen LogP contribution in [-0.4, -0.2) is 48.4 Å². The molecule has 0 radical (unpaired) electrons. The predicted molar refractivity (Wildman–Crippen MR) is 94.5 cm³/mol. The van der Waals surface area contributed by atoms with E-state index in [2.05, 4.69) is 0 Å². The molecule has 2 atom stereocenters. The van der Waals surface area contributed by atoms with Crippen molar-refractivity contribution in [1.29, 1.82) is 0 Å². The van der Waals surface area contributed by atoms with Crippen LogP contribution in [0.1, 0.15) is 33.1 Å². The first kappa shape index (κ1) is 16.4. The Balaban J connectivity index is 1.79. The summed E-state index contributed by atoms with van der Waals surface area (Å²) >= 11 is 0. The van der Waals surface area contributed by atoms with Gasteiger partial charge in [0.25, 0.3) is 0 Å². The van der Waals surface area contributed by atoms with Crippen LogP contribution in [0.2, 0.25) is 0 Å². The van der Waals surface area contributed by atoms with Crippen LogP contribution < -0.4 is 14.2 Å². The van der Waals surface area contributed by atoms with Gasteiger partial charge in [0.15, 0.2) is 28.6 Å². The van der Waals surface area contributed by atoms with E-state index < -0.39 is 17.4 Å². The van der Waals surface area contributed by atoms with Crippen molar-refractivity contribution in [2.75, 3.05) is 27.5 Å². The number of benzene rings is 2. The molecule has 2 heterocycles. The van der Waals surface area contributed by atoms with Crippen LogP contribution in [-0.2, 0) is 12.0 Å². The van der Waals surface area contributed by atoms with Crippen LogP contribution in [0.25, 0.3) is 0 Å². The fraction of sp³-hybridized carbons (Fsp3) is 0.350. The number of phenols is 1. The molecule has 0 unspecified atom stereocenters. The molecule has 2 aliphatic heterocycles. The molecule has 0 saturated carbocycles. The van der Waals surface area contributed by atoms with Gasteiger partial charge >= 0.3 is 0 Å². The number of carbonyl (C=O) groups excluding carboxylic acids is 1.